The van der Waals surface area contributed by atoms with Crippen molar-refractivity contribution in [1.29, 1.82) is 5.26 Å². The van der Waals surface area contributed by atoms with Gasteiger partial charge in [-0.3, -0.25) is 0 Å². The van der Waals surface area contributed by atoms with Crippen LogP contribution in [-0.2, 0) is 10.0 Å². The van der Waals surface area contributed by atoms with Crippen molar-refractivity contribution >= 4 is 26.0 Å². The Morgan fingerprint density at radius 3 is 2.67 bits per heavy atom. The summed E-state index contributed by atoms with van der Waals surface area (Å²) in [5, 5.41) is 8.56. The molecule has 0 aliphatic heterocycles. The van der Waals surface area contributed by atoms with Crippen LogP contribution < -0.4 is 0 Å². The van der Waals surface area contributed by atoms with Gasteiger partial charge in [0.05, 0.1) is 12.5 Å². The van der Waals surface area contributed by atoms with Gasteiger partial charge in [0.25, 0.3) is 0 Å². The Bertz CT molecular complexity index is 583. The smallest absolute Gasteiger partial charge is 0.207 e. The second-order valence-electron chi connectivity index (χ2n) is 3.81. The third-order valence-electron chi connectivity index (χ3n) is 2.56. The van der Waals surface area contributed by atoms with E-state index in [2.05, 4.69) is 15.9 Å². The first-order valence-electron chi connectivity index (χ1n) is 5.10. The van der Waals surface area contributed by atoms with Crippen LogP contribution in [0.15, 0.2) is 27.6 Å². The van der Waals surface area contributed by atoms with E-state index in [-0.39, 0.29) is 6.42 Å². The number of halogens is 2. The molecule has 0 spiro atoms. The summed E-state index contributed by atoms with van der Waals surface area (Å²) in [6.07, 6.45) is 0.0495. The SMILES string of the molecule is CC(CC#N)N(C)S(=O)(=O)c1ccc(Br)cc1F. The highest BCUT2D eigenvalue weighted by molar-refractivity contribution is 9.10. The Hall–Kier alpha value is -0.970. The van der Waals surface area contributed by atoms with Gasteiger partial charge < -0.3 is 0 Å². The van der Waals surface area contributed by atoms with Crippen molar-refractivity contribution in [2.45, 2.75) is 24.3 Å². The molecule has 0 amide bonds. The quantitative estimate of drug-likeness (QED) is 0.849. The highest BCUT2D eigenvalue weighted by atomic mass is 79.9. The number of nitriles is 1. The van der Waals surface area contributed by atoms with Crippen LogP contribution in [0.2, 0.25) is 0 Å². The van der Waals surface area contributed by atoms with Crippen LogP contribution in [0.25, 0.3) is 0 Å². The summed E-state index contributed by atoms with van der Waals surface area (Å²) < 4.78 is 39.4. The maximum atomic E-state index is 13.7. The van der Waals surface area contributed by atoms with E-state index in [0.717, 1.165) is 10.4 Å². The summed E-state index contributed by atoms with van der Waals surface area (Å²) in [6.45, 7) is 1.59. The molecule has 1 atom stereocenters. The van der Waals surface area contributed by atoms with Crippen molar-refractivity contribution in [3.63, 3.8) is 0 Å². The van der Waals surface area contributed by atoms with Crippen molar-refractivity contribution in [2.75, 3.05) is 7.05 Å². The zero-order valence-corrected chi connectivity index (χ0v) is 12.3. The van der Waals surface area contributed by atoms with Crippen LogP contribution >= 0.6 is 15.9 Å². The lowest BCUT2D eigenvalue weighted by atomic mass is 10.3. The molecule has 98 valence electrons. The van der Waals surface area contributed by atoms with E-state index >= 15 is 0 Å². The fourth-order valence-corrected chi connectivity index (χ4v) is 3.07. The first kappa shape index (κ1) is 15.1. The first-order valence-corrected chi connectivity index (χ1v) is 7.34. The van der Waals surface area contributed by atoms with E-state index in [1.165, 1.54) is 19.2 Å². The van der Waals surface area contributed by atoms with Gasteiger partial charge in [0.15, 0.2) is 0 Å². The van der Waals surface area contributed by atoms with Gasteiger partial charge in [-0.25, -0.2) is 12.8 Å². The van der Waals surface area contributed by atoms with Crippen molar-refractivity contribution in [3.05, 3.63) is 28.5 Å². The highest BCUT2D eigenvalue weighted by Gasteiger charge is 2.27. The Morgan fingerprint density at radius 2 is 2.17 bits per heavy atom. The summed E-state index contributed by atoms with van der Waals surface area (Å²) in [6, 6.07) is 5.13. The van der Waals surface area contributed by atoms with E-state index in [0.29, 0.717) is 4.47 Å². The molecule has 0 heterocycles. The molecular weight excluding hydrogens is 323 g/mol. The molecule has 0 aromatic heterocycles. The predicted molar refractivity (Wildman–Crippen MR) is 68.7 cm³/mol. The highest BCUT2D eigenvalue weighted by Crippen LogP contribution is 2.23. The van der Waals surface area contributed by atoms with Crippen LogP contribution in [0.5, 0.6) is 0 Å². The molecule has 0 radical (unpaired) electrons. The van der Waals surface area contributed by atoms with E-state index in [1.54, 1.807) is 6.92 Å². The molecule has 0 aliphatic rings. The normalized spacial score (nSPS) is 13.3. The zero-order valence-electron chi connectivity index (χ0n) is 9.89. The largest absolute Gasteiger partial charge is 0.246 e. The Kier molecular flexibility index (Phi) is 4.85. The van der Waals surface area contributed by atoms with Gasteiger partial charge in [-0.1, -0.05) is 15.9 Å². The topological polar surface area (TPSA) is 61.2 Å². The van der Waals surface area contributed by atoms with Gasteiger partial charge in [-0.15, -0.1) is 0 Å². The fraction of sp³-hybridized carbons (Fsp3) is 0.364. The van der Waals surface area contributed by atoms with Crippen molar-refractivity contribution in [1.82, 2.24) is 4.31 Å². The molecule has 0 N–H and O–H groups in total. The predicted octanol–water partition coefficient (Wildman–Crippen LogP) is 2.51. The third-order valence-corrected chi connectivity index (χ3v) is 5.06. The summed E-state index contributed by atoms with van der Waals surface area (Å²) >= 11 is 3.06. The zero-order chi connectivity index (χ0) is 13.9. The Labute approximate surface area is 114 Å². The standard InChI is InChI=1S/C11H12BrFN2O2S/c1-8(5-6-14)15(2)18(16,17)11-4-3-9(12)7-10(11)13/h3-4,7-8H,5H2,1-2H3. The minimum Gasteiger partial charge on any atom is -0.207 e. The number of hydrogen-bond donors (Lipinski definition) is 0. The molecule has 4 nitrogen and oxygen atoms in total. The van der Waals surface area contributed by atoms with Gasteiger partial charge in [0.1, 0.15) is 10.7 Å². The molecule has 0 fully saturated rings. The molecule has 0 saturated carbocycles. The lowest BCUT2D eigenvalue weighted by molar-refractivity contribution is 0.390. The second kappa shape index (κ2) is 5.78. The molecule has 0 bridgehead atoms. The van der Waals surface area contributed by atoms with Gasteiger partial charge in [-0.2, -0.15) is 9.57 Å². The first-order chi connectivity index (χ1) is 8.30. The minimum atomic E-state index is -3.92. The second-order valence-corrected chi connectivity index (χ2v) is 6.69. The fourth-order valence-electron chi connectivity index (χ4n) is 1.34. The van der Waals surface area contributed by atoms with Crippen LogP contribution in [0.3, 0.4) is 0 Å². The van der Waals surface area contributed by atoms with Gasteiger partial charge >= 0.3 is 0 Å². The Balaban J connectivity index is 3.18. The molecule has 1 aromatic carbocycles. The van der Waals surface area contributed by atoms with Crippen molar-refractivity contribution in [2.24, 2.45) is 0 Å². The van der Waals surface area contributed by atoms with Crippen LogP contribution in [0.4, 0.5) is 4.39 Å². The van der Waals surface area contributed by atoms with Crippen LogP contribution in [-0.4, -0.2) is 25.8 Å². The third kappa shape index (κ3) is 3.07. The summed E-state index contributed by atoms with van der Waals surface area (Å²) in [5.41, 5.74) is 0. The van der Waals surface area contributed by atoms with Crippen molar-refractivity contribution < 1.29 is 12.8 Å². The van der Waals surface area contributed by atoms with E-state index in [1.807, 2.05) is 6.07 Å². The van der Waals surface area contributed by atoms with E-state index in [4.69, 9.17) is 5.26 Å². The number of sulfonamides is 1. The average molecular weight is 335 g/mol. The number of nitrogens with zero attached hydrogens (tertiary/aromatic N) is 2. The lowest BCUT2D eigenvalue weighted by Crippen LogP contribution is -2.35. The summed E-state index contributed by atoms with van der Waals surface area (Å²) in [5.74, 6) is -0.819. The number of hydrogen-bond acceptors (Lipinski definition) is 3. The molecule has 0 saturated heterocycles. The lowest BCUT2D eigenvalue weighted by Gasteiger charge is -2.22. The maximum Gasteiger partial charge on any atom is 0.246 e. The van der Waals surface area contributed by atoms with E-state index in [9.17, 15) is 12.8 Å². The maximum absolute atomic E-state index is 13.7. The Morgan fingerprint density at radius 1 is 1.56 bits per heavy atom. The molecular formula is C11H12BrFN2O2S. The minimum absolute atomic E-state index is 0.0495. The number of rotatable bonds is 4. The molecule has 1 aromatic rings. The van der Waals surface area contributed by atoms with Crippen LogP contribution in [0.1, 0.15) is 13.3 Å². The molecule has 1 unspecified atom stereocenters. The molecule has 7 heteroatoms. The molecule has 0 aliphatic carbocycles. The van der Waals surface area contributed by atoms with Gasteiger partial charge in [0.2, 0.25) is 10.0 Å². The monoisotopic (exact) mass is 334 g/mol. The molecule has 18 heavy (non-hydrogen) atoms. The van der Waals surface area contributed by atoms with Gasteiger partial charge in [0, 0.05) is 17.6 Å². The summed E-state index contributed by atoms with van der Waals surface area (Å²) in [7, 11) is -2.59. The van der Waals surface area contributed by atoms with Gasteiger partial charge in [-0.05, 0) is 25.1 Å². The average Bonchev–Trinajstić information content (AvgIpc) is 2.27. The van der Waals surface area contributed by atoms with Crippen LogP contribution in [0, 0.1) is 17.1 Å². The van der Waals surface area contributed by atoms with Crippen molar-refractivity contribution in [3.8, 4) is 6.07 Å². The van der Waals surface area contributed by atoms with E-state index < -0.39 is 26.8 Å². The summed E-state index contributed by atoms with van der Waals surface area (Å²) in [4.78, 5) is -0.391. The number of benzene rings is 1. The molecule has 1 rings (SSSR count).